The van der Waals surface area contributed by atoms with Crippen LogP contribution in [0.2, 0.25) is 0 Å². The van der Waals surface area contributed by atoms with Gasteiger partial charge in [0, 0.05) is 12.5 Å². The largest absolute Gasteiger partial charge is 0.481 e. The highest BCUT2D eigenvalue weighted by molar-refractivity contribution is 5.62. The Morgan fingerprint density at radius 2 is 1.60 bits per heavy atom. The normalized spacial score (nSPS) is 9.70. The van der Waals surface area contributed by atoms with Crippen molar-refractivity contribution in [2.24, 2.45) is 5.84 Å². The van der Waals surface area contributed by atoms with Gasteiger partial charge in [-0.2, -0.15) is 0 Å². The van der Waals surface area contributed by atoms with E-state index in [0.717, 1.165) is 6.92 Å². The van der Waals surface area contributed by atoms with Gasteiger partial charge in [-0.15, -0.1) is 0 Å². The van der Waals surface area contributed by atoms with Crippen LogP contribution in [0.1, 0.15) is 27.7 Å². The molecule has 0 aliphatic carbocycles. The summed E-state index contributed by atoms with van der Waals surface area (Å²) in [7, 11) is 0. The van der Waals surface area contributed by atoms with E-state index in [-0.39, 0.29) is 5.54 Å². The molecule has 4 heteroatoms. The van der Waals surface area contributed by atoms with Gasteiger partial charge in [-0.25, -0.2) is 0 Å². The predicted octanol–water partition coefficient (Wildman–Crippen LogP) is 0.339. The van der Waals surface area contributed by atoms with Crippen LogP contribution in [-0.4, -0.2) is 16.6 Å². The average molecular weight is 148 g/mol. The third-order valence-corrected chi connectivity index (χ3v) is 0.433. The van der Waals surface area contributed by atoms with Crippen molar-refractivity contribution >= 4 is 5.97 Å². The molecule has 0 fully saturated rings. The van der Waals surface area contributed by atoms with E-state index in [9.17, 15) is 0 Å². The molecule has 0 bridgehead atoms. The van der Waals surface area contributed by atoms with Crippen LogP contribution in [0.25, 0.3) is 0 Å². The molecule has 0 spiro atoms. The van der Waals surface area contributed by atoms with Crippen molar-refractivity contribution in [3.63, 3.8) is 0 Å². The second-order valence-electron chi connectivity index (χ2n) is 2.91. The van der Waals surface area contributed by atoms with E-state index in [1.54, 1.807) is 0 Å². The number of hydrogen-bond acceptors (Lipinski definition) is 3. The van der Waals surface area contributed by atoms with Crippen molar-refractivity contribution in [1.82, 2.24) is 5.43 Å². The lowest BCUT2D eigenvalue weighted by molar-refractivity contribution is -0.134. The van der Waals surface area contributed by atoms with E-state index in [1.165, 1.54) is 0 Å². The fraction of sp³-hybridized carbons (Fsp3) is 0.833. The van der Waals surface area contributed by atoms with Gasteiger partial charge < -0.3 is 5.11 Å². The Kier molecular flexibility index (Phi) is 6.29. The Hall–Kier alpha value is -0.610. The fourth-order valence-electron chi connectivity index (χ4n) is 0. The molecule has 0 aromatic rings. The minimum Gasteiger partial charge on any atom is -0.481 e. The first-order valence-electron chi connectivity index (χ1n) is 2.97. The van der Waals surface area contributed by atoms with Crippen molar-refractivity contribution < 1.29 is 9.90 Å². The van der Waals surface area contributed by atoms with E-state index in [2.05, 4.69) is 5.43 Å². The molecule has 0 aliphatic heterocycles. The molecule has 0 rings (SSSR count). The number of nitrogens with two attached hydrogens (primary N) is 1. The zero-order valence-electron chi connectivity index (χ0n) is 6.93. The number of carbonyl (C=O) groups is 1. The van der Waals surface area contributed by atoms with Gasteiger partial charge in [-0.1, -0.05) is 0 Å². The third kappa shape index (κ3) is 52.8. The van der Waals surface area contributed by atoms with E-state index < -0.39 is 5.97 Å². The molecule has 0 atom stereocenters. The summed E-state index contributed by atoms with van der Waals surface area (Å²) in [6.45, 7) is 7.10. The summed E-state index contributed by atoms with van der Waals surface area (Å²) in [4.78, 5) is 9.00. The van der Waals surface area contributed by atoms with Crippen LogP contribution in [-0.2, 0) is 4.79 Å². The van der Waals surface area contributed by atoms with Gasteiger partial charge in [-0.05, 0) is 20.8 Å². The first kappa shape index (κ1) is 12.1. The molecule has 0 unspecified atom stereocenters. The van der Waals surface area contributed by atoms with Crippen LogP contribution >= 0.6 is 0 Å². The first-order chi connectivity index (χ1) is 4.29. The minimum atomic E-state index is -0.833. The number of carboxylic acids is 1. The molecule has 0 aliphatic rings. The Balaban J connectivity index is 0. The van der Waals surface area contributed by atoms with Crippen molar-refractivity contribution in [1.29, 1.82) is 0 Å². The number of nitrogens with one attached hydrogen (secondary N) is 1. The van der Waals surface area contributed by atoms with Crippen LogP contribution in [0.4, 0.5) is 0 Å². The Bertz CT molecular complexity index is 92.4. The number of hydrogen-bond donors (Lipinski definition) is 3. The zero-order valence-corrected chi connectivity index (χ0v) is 6.93. The Morgan fingerprint density at radius 1 is 1.50 bits per heavy atom. The maximum atomic E-state index is 9.00. The molecule has 0 aromatic carbocycles. The van der Waals surface area contributed by atoms with Crippen molar-refractivity contribution in [3.8, 4) is 0 Å². The SMILES string of the molecule is CC(=O)O.CC(C)(C)NN. The van der Waals surface area contributed by atoms with Crippen LogP contribution in [0.3, 0.4) is 0 Å². The summed E-state index contributed by atoms with van der Waals surface area (Å²) >= 11 is 0. The highest BCUT2D eigenvalue weighted by Gasteiger charge is 2.02. The summed E-state index contributed by atoms with van der Waals surface area (Å²) in [5, 5.41) is 7.42. The van der Waals surface area contributed by atoms with Crippen molar-refractivity contribution in [2.45, 2.75) is 33.2 Å². The average Bonchev–Trinajstić information content (AvgIpc) is 1.63. The Labute approximate surface area is 61.4 Å². The quantitative estimate of drug-likeness (QED) is 0.342. The second-order valence-corrected chi connectivity index (χ2v) is 2.91. The highest BCUT2D eigenvalue weighted by Crippen LogP contribution is 1.92. The maximum absolute atomic E-state index is 9.00. The molecule has 0 radical (unpaired) electrons. The standard InChI is InChI=1S/C4H12N2.C2H4O2/c1-4(2,3)6-5;1-2(3)4/h6H,5H2,1-3H3;1H3,(H,3,4). The first-order valence-corrected chi connectivity index (χ1v) is 2.97. The van der Waals surface area contributed by atoms with Gasteiger partial charge in [0.1, 0.15) is 0 Å². The van der Waals surface area contributed by atoms with Crippen LogP contribution < -0.4 is 11.3 Å². The summed E-state index contributed by atoms with van der Waals surface area (Å²) in [6, 6.07) is 0. The maximum Gasteiger partial charge on any atom is 0.300 e. The summed E-state index contributed by atoms with van der Waals surface area (Å²) in [5.74, 6) is 4.22. The lowest BCUT2D eigenvalue weighted by Crippen LogP contribution is -2.41. The lowest BCUT2D eigenvalue weighted by atomic mass is 10.1. The van der Waals surface area contributed by atoms with Crippen LogP contribution in [0.5, 0.6) is 0 Å². The van der Waals surface area contributed by atoms with Crippen molar-refractivity contribution in [2.75, 3.05) is 0 Å². The van der Waals surface area contributed by atoms with Crippen LogP contribution in [0, 0.1) is 0 Å². The summed E-state index contributed by atoms with van der Waals surface area (Å²) < 4.78 is 0. The summed E-state index contributed by atoms with van der Waals surface area (Å²) in [5.41, 5.74) is 2.67. The number of hydrazine groups is 1. The number of carboxylic acid groups (broad SMARTS) is 1. The molecule has 0 amide bonds. The fourth-order valence-corrected chi connectivity index (χ4v) is 0. The molecule has 4 N–H and O–H groups in total. The second kappa shape index (κ2) is 5.20. The monoisotopic (exact) mass is 148 g/mol. The van der Waals surface area contributed by atoms with Gasteiger partial charge in [0.05, 0.1) is 0 Å². The molecule has 0 heterocycles. The third-order valence-electron chi connectivity index (χ3n) is 0.433. The molecular formula is C6H16N2O2. The van der Waals surface area contributed by atoms with Gasteiger partial charge in [-0.3, -0.25) is 16.1 Å². The van der Waals surface area contributed by atoms with Gasteiger partial charge >= 0.3 is 0 Å². The van der Waals surface area contributed by atoms with Crippen molar-refractivity contribution in [3.05, 3.63) is 0 Å². The topological polar surface area (TPSA) is 75.3 Å². The predicted molar refractivity (Wildman–Crippen MR) is 40.4 cm³/mol. The smallest absolute Gasteiger partial charge is 0.300 e. The molecule has 10 heavy (non-hydrogen) atoms. The molecule has 62 valence electrons. The van der Waals surface area contributed by atoms with Gasteiger partial charge in [0.25, 0.3) is 5.97 Å². The zero-order chi connectivity index (χ0) is 8.78. The molecular weight excluding hydrogens is 132 g/mol. The highest BCUT2D eigenvalue weighted by atomic mass is 16.4. The molecule has 0 saturated heterocycles. The van der Waals surface area contributed by atoms with Crippen LogP contribution in [0.15, 0.2) is 0 Å². The van der Waals surface area contributed by atoms with Gasteiger partial charge in [0.2, 0.25) is 0 Å². The minimum absolute atomic E-state index is 0.0694. The van der Waals surface area contributed by atoms with Gasteiger partial charge in [0.15, 0.2) is 0 Å². The molecule has 4 nitrogen and oxygen atoms in total. The Morgan fingerprint density at radius 3 is 1.60 bits per heavy atom. The molecule has 0 saturated carbocycles. The van der Waals surface area contributed by atoms with E-state index in [1.807, 2.05) is 20.8 Å². The summed E-state index contributed by atoms with van der Waals surface area (Å²) in [6.07, 6.45) is 0. The number of rotatable bonds is 0. The van der Waals surface area contributed by atoms with E-state index in [4.69, 9.17) is 15.7 Å². The lowest BCUT2D eigenvalue weighted by Gasteiger charge is -2.14. The number of aliphatic carboxylic acids is 1. The van der Waals surface area contributed by atoms with E-state index in [0.29, 0.717) is 0 Å². The molecule has 0 aromatic heterocycles. The van der Waals surface area contributed by atoms with E-state index >= 15 is 0 Å².